The molecule has 2 rings (SSSR count). The number of fused-ring (bicyclic) bond motifs is 1. The highest BCUT2D eigenvalue weighted by atomic mass is 16.7. The molecule has 2 heterocycles. The van der Waals surface area contributed by atoms with Crippen LogP contribution in [0.15, 0.2) is 0 Å². The second-order valence-electron chi connectivity index (χ2n) is 5.54. The van der Waals surface area contributed by atoms with Crippen LogP contribution in [0.2, 0.25) is 0 Å². The minimum absolute atomic E-state index is 0.213. The van der Waals surface area contributed by atoms with E-state index in [1.165, 1.54) is 0 Å². The highest BCUT2D eigenvalue weighted by molar-refractivity contribution is 5.69. The normalized spacial score (nSPS) is 36.6. The van der Waals surface area contributed by atoms with Gasteiger partial charge in [0.25, 0.3) is 0 Å². The first-order valence-electron chi connectivity index (χ1n) is 7.31. The van der Waals surface area contributed by atoms with Crippen LogP contribution in [-0.4, -0.2) is 55.0 Å². The molecule has 1 N–H and O–H groups in total. The summed E-state index contributed by atoms with van der Waals surface area (Å²) in [6, 6.07) is 0. The van der Waals surface area contributed by atoms with Crippen molar-refractivity contribution >= 4 is 5.97 Å². The largest absolute Gasteiger partial charge is 0.466 e. The maximum absolute atomic E-state index is 11.6. The van der Waals surface area contributed by atoms with Gasteiger partial charge >= 0.3 is 5.97 Å². The third kappa shape index (κ3) is 3.91. The lowest BCUT2D eigenvalue weighted by Gasteiger charge is -2.40. The fraction of sp³-hybridized carbons (Fsp3) is 0.929. The van der Waals surface area contributed by atoms with Crippen molar-refractivity contribution in [2.45, 2.75) is 63.6 Å². The first kappa shape index (κ1) is 15.7. The molecular weight excluding hydrogens is 264 g/mol. The molecule has 2 fully saturated rings. The summed E-state index contributed by atoms with van der Waals surface area (Å²) in [5.74, 6) is -1.10. The first-order chi connectivity index (χ1) is 9.54. The molecule has 20 heavy (non-hydrogen) atoms. The van der Waals surface area contributed by atoms with Gasteiger partial charge in [-0.3, -0.25) is 4.79 Å². The van der Waals surface area contributed by atoms with Crippen LogP contribution in [0, 0.1) is 0 Å². The molecule has 0 radical (unpaired) electrons. The molecule has 0 unspecified atom stereocenters. The summed E-state index contributed by atoms with van der Waals surface area (Å²) in [5.41, 5.74) is 0. The zero-order chi connectivity index (χ0) is 14.6. The van der Waals surface area contributed by atoms with E-state index in [0.717, 1.165) is 12.8 Å². The molecule has 0 amide bonds. The van der Waals surface area contributed by atoms with Crippen LogP contribution in [0.4, 0.5) is 0 Å². The predicted molar refractivity (Wildman–Crippen MR) is 70.1 cm³/mol. The van der Waals surface area contributed by atoms with Crippen LogP contribution in [0.3, 0.4) is 0 Å². The fourth-order valence-electron chi connectivity index (χ4n) is 2.40. The van der Waals surface area contributed by atoms with E-state index in [1.54, 1.807) is 6.92 Å². The molecule has 0 saturated carbocycles. The standard InChI is InChI=1S/C14H24O6/c1-3-4-7-17-12(16)5-6-14(2)19-9-11-13(20-14)10(15)8-18-11/h10-11,13,15H,3-9H2,1-2H3/t10-,11+,13+,14-/m0/s1. The zero-order valence-corrected chi connectivity index (χ0v) is 12.2. The molecule has 0 aromatic rings. The van der Waals surface area contributed by atoms with Gasteiger partial charge in [0.15, 0.2) is 5.79 Å². The van der Waals surface area contributed by atoms with Crippen LogP contribution >= 0.6 is 0 Å². The van der Waals surface area contributed by atoms with Gasteiger partial charge in [-0.05, 0) is 13.3 Å². The summed E-state index contributed by atoms with van der Waals surface area (Å²) >= 11 is 0. The summed E-state index contributed by atoms with van der Waals surface area (Å²) in [5, 5.41) is 9.78. The number of ether oxygens (including phenoxy) is 4. The summed E-state index contributed by atoms with van der Waals surface area (Å²) in [4.78, 5) is 11.6. The van der Waals surface area contributed by atoms with Crippen molar-refractivity contribution in [3.63, 3.8) is 0 Å². The van der Waals surface area contributed by atoms with Gasteiger partial charge in [-0.1, -0.05) is 13.3 Å². The molecule has 0 bridgehead atoms. The number of hydrogen-bond acceptors (Lipinski definition) is 6. The molecule has 0 aromatic heterocycles. The molecule has 116 valence electrons. The van der Waals surface area contributed by atoms with Gasteiger partial charge in [-0.2, -0.15) is 0 Å². The average molecular weight is 288 g/mol. The monoisotopic (exact) mass is 288 g/mol. The Kier molecular flexibility index (Phi) is 5.37. The van der Waals surface area contributed by atoms with E-state index in [9.17, 15) is 9.90 Å². The minimum Gasteiger partial charge on any atom is -0.466 e. The van der Waals surface area contributed by atoms with Crippen LogP contribution < -0.4 is 0 Å². The molecule has 6 nitrogen and oxygen atoms in total. The van der Waals surface area contributed by atoms with Crippen molar-refractivity contribution in [1.29, 1.82) is 0 Å². The number of aliphatic hydroxyl groups is 1. The van der Waals surface area contributed by atoms with Gasteiger partial charge in [0.1, 0.15) is 18.3 Å². The quantitative estimate of drug-likeness (QED) is 0.580. The van der Waals surface area contributed by atoms with Crippen molar-refractivity contribution in [2.75, 3.05) is 19.8 Å². The molecule has 6 heteroatoms. The van der Waals surface area contributed by atoms with E-state index >= 15 is 0 Å². The van der Waals surface area contributed by atoms with Gasteiger partial charge < -0.3 is 24.1 Å². The molecular formula is C14H24O6. The van der Waals surface area contributed by atoms with Gasteiger partial charge in [0, 0.05) is 6.42 Å². The van der Waals surface area contributed by atoms with Crippen LogP contribution in [0.5, 0.6) is 0 Å². The Hall–Kier alpha value is -0.690. The predicted octanol–water partition coefficient (Wildman–Crippen LogP) is 1.00. The number of carbonyl (C=O) groups is 1. The SMILES string of the molecule is CCCCOC(=O)CC[C@@]1(C)OC[C@H]2OC[C@H](O)[C@H]2O1. The summed E-state index contributed by atoms with van der Waals surface area (Å²) in [7, 11) is 0. The molecule has 0 aliphatic carbocycles. The molecule has 2 saturated heterocycles. The van der Waals surface area contributed by atoms with Crippen LogP contribution in [0.1, 0.15) is 39.5 Å². The maximum atomic E-state index is 11.6. The number of carbonyl (C=O) groups excluding carboxylic acids is 1. The molecule has 0 aromatic carbocycles. The van der Waals surface area contributed by atoms with E-state index < -0.39 is 11.9 Å². The molecule has 2 aliphatic heterocycles. The maximum Gasteiger partial charge on any atom is 0.305 e. The average Bonchev–Trinajstić information content (AvgIpc) is 2.78. The van der Waals surface area contributed by atoms with Gasteiger partial charge in [0.2, 0.25) is 0 Å². The van der Waals surface area contributed by atoms with Crippen LogP contribution in [-0.2, 0) is 23.7 Å². The second-order valence-corrected chi connectivity index (χ2v) is 5.54. The number of rotatable bonds is 6. The second kappa shape index (κ2) is 6.85. The summed E-state index contributed by atoms with van der Waals surface area (Å²) in [6.45, 7) is 4.94. The number of esters is 1. The summed E-state index contributed by atoms with van der Waals surface area (Å²) in [6.07, 6.45) is 1.32. The van der Waals surface area contributed by atoms with Gasteiger partial charge in [-0.15, -0.1) is 0 Å². The highest BCUT2D eigenvalue weighted by Gasteiger charge is 2.47. The number of hydrogen-bond donors (Lipinski definition) is 1. The van der Waals surface area contributed by atoms with Crippen molar-refractivity contribution in [3.8, 4) is 0 Å². The Morgan fingerprint density at radius 1 is 1.45 bits per heavy atom. The Morgan fingerprint density at radius 3 is 3.00 bits per heavy atom. The van der Waals surface area contributed by atoms with E-state index in [0.29, 0.717) is 19.6 Å². The first-order valence-corrected chi connectivity index (χ1v) is 7.31. The van der Waals surface area contributed by atoms with Crippen molar-refractivity contribution < 1.29 is 28.8 Å². The molecule has 2 aliphatic rings. The zero-order valence-electron chi connectivity index (χ0n) is 12.2. The Morgan fingerprint density at radius 2 is 2.25 bits per heavy atom. The topological polar surface area (TPSA) is 74.2 Å². The van der Waals surface area contributed by atoms with E-state index in [1.807, 2.05) is 6.92 Å². The van der Waals surface area contributed by atoms with E-state index in [-0.39, 0.29) is 31.2 Å². The smallest absolute Gasteiger partial charge is 0.305 e. The molecule has 4 atom stereocenters. The number of aliphatic hydroxyl groups excluding tert-OH is 1. The lowest BCUT2D eigenvalue weighted by atomic mass is 10.1. The van der Waals surface area contributed by atoms with Gasteiger partial charge in [0.05, 0.1) is 26.2 Å². The Bertz CT molecular complexity index is 334. The van der Waals surface area contributed by atoms with Gasteiger partial charge in [-0.25, -0.2) is 0 Å². The third-order valence-electron chi connectivity index (χ3n) is 3.71. The van der Waals surface area contributed by atoms with Crippen molar-refractivity contribution in [1.82, 2.24) is 0 Å². The molecule has 0 spiro atoms. The van der Waals surface area contributed by atoms with Crippen molar-refractivity contribution in [2.24, 2.45) is 0 Å². The minimum atomic E-state index is -0.861. The third-order valence-corrected chi connectivity index (χ3v) is 3.71. The highest BCUT2D eigenvalue weighted by Crippen LogP contribution is 2.33. The Labute approximate surface area is 119 Å². The van der Waals surface area contributed by atoms with Crippen molar-refractivity contribution in [3.05, 3.63) is 0 Å². The Balaban J connectivity index is 1.75. The van der Waals surface area contributed by atoms with E-state index in [2.05, 4.69) is 0 Å². The number of unbranched alkanes of at least 4 members (excludes halogenated alkanes) is 1. The van der Waals surface area contributed by atoms with Crippen LogP contribution in [0.25, 0.3) is 0 Å². The summed E-state index contributed by atoms with van der Waals surface area (Å²) < 4.78 is 21.9. The lowest BCUT2D eigenvalue weighted by molar-refractivity contribution is -0.311. The lowest BCUT2D eigenvalue weighted by Crippen LogP contribution is -2.51. The fourth-order valence-corrected chi connectivity index (χ4v) is 2.40. The van der Waals surface area contributed by atoms with E-state index in [4.69, 9.17) is 18.9 Å².